The Bertz CT molecular complexity index is 862. The van der Waals surface area contributed by atoms with Crippen LogP contribution in [0, 0.1) is 23.2 Å². The van der Waals surface area contributed by atoms with Crippen LogP contribution in [0.2, 0.25) is 0 Å². The molecule has 5 heteroatoms. The summed E-state index contributed by atoms with van der Waals surface area (Å²) in [7, 11) is 1.69. The minimum atomic E-state index is -0.219. The number of aromatic hydroxyl groups is 1. The number of phenols is 1. The van der Waals surface area contributed by atoms with Crippen LogP contribution in [-0.2, 0) is 31.9 Å². The van der Waals surface area contributed by atoms with Crippen molar-refractivity contribution in [3.05, 3.63) is 28.8 Å². The molecule has 32 heavy (non-hydrogen) atoms. The van der Waals surface area contributed by atoms with E-state index in [-0.39, 0.29) is 11.4 Å². The number of hydrogen-bond acceptors (Lipinski definition) is 5. The van der Waals surface area contributed by atoms with Crippen LogP contribution in [0.3, 0.4) is 0 Å². The van der Waals surface area contributed by atoms with E-state index in [0.717, 1.165) is 44.1 Å². The molecule has 0 bridgehead atoms. The number of methoxy groups -OCH3 is 1. The summed E-state index contributed by atoms with van der Waals surface area (Å²) in [5.41, 5.74) is 3.41. The zero-order chi connectivity index (χ0) is 22.9. The topological polar surface area (TPSA) is 72.8 Å². The molecule has 1 N–H and O–H groups in total. The summed E-state index contributed by atoms with van der Waals surface area (Å²) in [5, 5.41) is 10.5. The second-order valence-corrected chi connectivity index (χ2v) is 10.3. The molecule has 1 aromatic rings. The first kappa shape index (κ1) is 23.3. The maximum Gasteiger partial charge on any atom is 0.305 e. The second kappa shape index (κ2) is 9.54. The molecule has 0 radical (unpaired) electrons. The largest absolute Gasteiger partial charge is 0.508 e. The fraction of sp³-hybridized carbons (Fsp3) is 0.704. The second-order valence-electron chi connectivity index (χ2n) is 10.3. The fourth-order valence-corrected chi connectivity index (χ4v) is 7.13. The van der Waals surface area contributed by atoms with Crippen LogP contribution in [-0.4, -0.2) is 37.2 Å². The van der Waals surface area contributed by atoms with Crippen LogP contribution in [0.5, 0.6) is 5.75 Å². The van der Waals surface area contributed by atoms with E-state index in [4.69, 9.17) is 9.47 Å². The number of aryl methyl sites for hydroxylation is 1. The zero-order valence-corrected chi connectivity index (χ0v) is 19.8. The van der Waals surface area contributed by atoms with E-state index in [1.54, 1.807) is 7.11 Å². The van der Waals surface area contributed by atoms with E-state index in [1.165, 1.54) is 11.1 Å². The molecule has 0 amide bonds. The molecule has 4 rings (SSSR count). The van der Waals surface area contributed by atoms with Gasteiger partial charge in [-0.05, 0) is 98.3 Å². The van der Waals surface area contributed by atoms with Crippen LogP contribution in [0.4, 0.5) is 0 Å². The Morgan fingerprint density at radius 2 is 2.09 bits per heavy atom. The molecule has 0 unspecified atom stereocenters. The van der Waals surface area contributed by atoms with Crippen molar-refractivity contribution in [2.24, 2.45) is 23.2 Å². The monoisotopic (exact) mass is 442 g/mol. The van der Waals surface area contributed by atoms with Crippen molar-refractivity contribution < 1.29 is 24.2 Å². The predicted octanol–water partition coefficient (Wildman–Crippen LogP) is 4.97. The smallest absolute Gasteiger partial charge is 0.305 e. The van der Waals surface area contributed by atoms with Gasteiger partial charge in [0.25, 0.3) is 0 Å². The van der Waals surface area contributed by atoms with Crippen molar-refractivity contribution in [3.8, 4) is 5.75 Å². The predicted molar refractivity (Wildman–Crippen MR) is 123 cm³/mol. The normalized spacial score (nSPS) is 31.0. The van der Waals surface area contributed by atoms with Crippen LogP contribution in [0.1, 0.15) is 81.4 Å². The Labute approximate surface area is 191 Å². The van der Waals surface area contributed by atoms with Gasteiger partial charge in [0, 0.05) is 25.4 Å². The number of ether oxygens (including phenoxy) is 2. The van der Waals surface area contributed by atoms with Crippen molar-refractivity contribution >= 4 is 11.8 Å². The molecule has 2 fully saturated rings. The van der Waals surface area contributed by atoms with Crippen LogP contribution in [0.15, 0.2) is 12.1 Å². The van der Waals surface area contributed by atoms with Gasteiger partial charge in [-0.1, -0.05) is 13.0 Å². The lowest BCUT2D eigenvalue weighted by Crippen LogP contribution is -2.44. The lowest BCUT2D eigenvalue weighted by atomic mass is 9.54. The molecule has 2 saturated carbocycles. The van der Waals surface area contributed by atoms with Gasteiger partial charge in [0.05, 0.1) is 13.2 Å². The third kappa shape index (κ3) is 4.21. The van der Waals surface area contributed by atoms with Gasteiger partial charge in [-0.2, -0.15) is 0 Å². The number of rotatable bonds is 8. The van der Waals surface area contributed by atoms with Crippen molar-refractivity contribution in [2.75, 3.05) is 20.3 Å². The molecule has 0 heterocycles. The maximum absolute atomic E-state index is 13.1. The lowest BCUT2D eigenvalue weighted by Gasteiger charge is -2.50. The molecule has 1 aromatic carbocycles. The Morgan fingerprint density at radius 3 is 2.84 bits per heavy atom. The van der Waals surface area contributed by atoms with E-state index in [2.05, 4.69) is 13.0 Å². The Hall–Kier alpha value is -1.88. The van der Waals surface area contributed by atoms with Crippen molar-refractivity contribution in [1.29, 1.82) is 0 Å². The van der Waals surface area contributed by atoms with Gasteiger partial charge in [0.2, 0.25) is 0 Å². The standard InChI is InChI=1S/C27H38O5/c1-4-32-25(30)7-5-6-19-16-24(29)27(2)12-10-20-21(26(19)27)9-8-17-15-23(28)18(11-13-31-3)14-22(17)20/h14-15,19-21,26,28H,4-13,16H2,1-3H3/t19-,20+,21-,26+,27-/m1/s1. The van der Waals surface area contributed by atoms with Crippen molar-refractivity contribution in [3.63, 3.8) is 0 Å². The van der Waals surface area contributed by atoms with Crippen LogP contribution < -0.4 is 0 Å². The summed E-state index contributed by atoms with van der Waals surface area (Å²) >= 11 is 0. The first-order chi connectivity index (χ1) is 15.4. The molecule has 0 aromatic heterocycles. The Kier molecular flexibility index (Phi) is 6.94. The first-order valence-corrected chi connectivity index (χ1v) is 12.4. The minimum Gasteiger partial charge on any atom is -0.508 e. The molecule has 0 aliphatic heterocycles. The molecule has 3 aliphatic carbocycles. The molecule has 0 spiro atoms. The van der Waals surface area contributed by atoms with E-state index in [9.17, 15) is 14.7 Å². The molecular formula is C27H38O5. The average molecular weight is 443 g/mol. The number of Topliss-reactive ketones (excluding diaryl/α,β-unsaturated/α-hetero) is 1. The van der Waals surface area contributed by atoms with Crippen molar-refractivity contribution in [2.45, 2.75) is 77.6 Å². The lowest BCUT2D eigenvalue weighted by molar-refractivity contribution is -0.143. The highest BCUT2D eigenvalue weighted by Gasteiger charge is 2.58. The summed E-state index contributed by atoms with van der Waals surface area (Å²) in [4.78, 5) is 24.9. The summed E-state index contributed by atoms with van der Waals surface area (Å²) in [6.07, 6.45) is 7.57. The Morgan fingerprint density at radius 1 is 1.28 bits per heavy atom. The molecule has 176 valence electrons. The van der Waals surface area contributed by atoms with Gasteiger partial charge in [0.1, 0.15) is 11.5 Å². The fourth-order valence-electron chi connectivity index (χ4n) is 7.13. The number of carbonyl (C=O) groups is 2. The SMILES string of the molecule is CCOC(=O)CCC[C@@H]1CC(=O)[C@@]2(C)CC[C@@H]3c4cc(CCOC)c(O)cc4CC[C@H]3[C@H]12. The zero-order valence-electron chi connectivity index (χ0n) is 19.8. The van der Waals surface area contributed by atoms with E-state index in [0.29, 0.717) is 67.7 Å². The van der Waals surface area contributed by atoms with Crippen LogP contribution in [0.25, 0.3) is 0 Å². The maximum atomic E-state index is 13.1. The third-order valence-electron chi connectivity index (χ3n) is 8.60. The van der Waals surface area contributed by atoms with Crippen LogP contribution >= 0.6 is 0 Å². The highest BCUT2D eigenvalue weighted by atomic mass is 16.5. The van der Waals surface area contributed by atoms with Gasteiger partial charge in [-0.3, -0.25) is 9.59 Å². The van der Waals surface area contributed by atoms with E-state index >= 15 is 0 Å². The first-order valence-electron chi connectivity index (χ1n) is 12.4. The summed E-state index contributed by atoms with van der Waals surface area (Å²) in [5.74, 6) is 2.39. The summed E-state index contributed by atoms with van der Waals surface area (Å²) < 4.78 is 10.3. The summed E-state index contributed by atoms with van der Waals surface area (Å²) in [6, 6.07) is 4.19. The van der Waals surface area contributed by atoms with Gasteiger partial charge in [-0.25, -0.2) is 0 Å². The highest BCUT2D eigenvalue weighted by molar-refractivity contribution is 5.87. The van der Waals surface area contributed by atoms with E-state index in [1.807, 2.05) is 13.0 Å². The highest BCUT2D eigenvalue weighted by Crippen LogP contribution is 2.62. The number of esters is 1. The van der Waals surface area contributed by atoms with Gasteiger partial charge >= 0.3 is 5.97 Å². The molecule has 0 saturated heterocycles. The number of ketones is 1. The molecule has 5 nitrogen and oxygen atoms in total. The van der Waals surface area contributed by atoms with Gasteiger partial charge < -0.3 is 14.6 Å². The number of hydrogen-bond donors (Lipinski definition) is 1. The number of phenolic OH excluding ortho intramolecular Hbond substituents is 1. The van der Waals surface area contributed by atoms with Crippen molar-refractivity contribution in [1.82, 2.24) is 0 Å². The number of benzene rings is 1. The van der Waals surface area contributed by atoms with E-state index < -0.39 is 0 Å². The Balaban J connectivity index is 1.56. The van der Waals surface area contributed by atoms with Gasteiger partial charge in [0.15, 0.2) is 0 Å². The average Bonchev–Trinajstić information content (AvgIpc) is 3.02. The molecule has 3 aliphatic rings. The quantitative estimate of drug-likeness (QED) is 0.576. The molecular weight excluding hydrogens is 404 g/mol. The number of carbonyl (C=O) groups excluding carboxylic acids is 2. The van der Waals surface area contributed by atoms with Gasteiger partial charge in [-0.15, -0.1) is 0 Å². The molecule has 5 atom stereocenters. The minimum absolute atomic E-state index is 0.129. The summed E-state index contributed by atoms with van der Waals surface area (Å²) in [6.45, 7) is 5.06. The third-order valence-corrected chi connectivity index (χ3v) is 8.60. The number of fused-ring (bicyclic) bond motifs is 5.